The molecule has 2 heteroatoms. The number of nitrogens with zero attached hydrogens (tertiary/aromatic N) is 1. The summed E-state index contributed by atoms with van der Waals surface area (Å²) in [6.45, 7) is 2.17. The van der Waals surface area contributed by atoms with Crippen LogP contribution in [-0.2, 0) is 0 Å². The lowest BCUT2D eigenvalue weighted by molar-refractivity contribution is 0.813. The summed E-state index contributed by atoms with van der Waals surface area (Å²) in [7, 11) is 0. The number of hydrogen-bond acceptors (Lipinski definition) is 1. The Morgan fingerprint density at radius 2 is 2.40 bits per heavy atom. The molecule has 0 unspecified atom stereocenters. The van der Waals surface area contributed by atoms with Crippen molar-refractivity contribution in [1.29, 1.82) is 5.26 Å². The molecule has 0 heterocycles. The van der Waals surface area contributed by atoms with Gasteiger partial charge in [-0.3, -0.25) is 0 Å². The highest BCUT2D eigenvalue weighted by Gasteiger charge is 1.87. The molecule has 0 aliphatic carbocycles. The second-order valence-corrected chi connectivity index (χ2v) is 3.51. The fraction of sp³-hybridized carbons (Fsp3) is 0.625. The van der Waals surface area contributed by atoms with Gasteiger partial charge in [0, 0.05) is 3.58 Å². The molecule has 0 amide bonds. The van der Waals surface area contributed by atoms with Gasteiger partial charge in [0.1, 0.15) is 0 Å². The van der Waals surface area contributed by atoms with Crippen molar-refractivity contribution >= 4 is 22.6 Å². The lowest BCUT2D eigenvalue weighted by Crippen LogP contribution is -1.71. The van der Waals surface area contributed by atoms with Crippen LogP contribution in [-0.4, -0.2) is 0 Å². The van der Waals surface area contributed by atoms with Crippen LogP contribution in [0.25, 0.3) is 0 Å². The van der Waals surface area contributed by atoms with E-state index >= 15 is 0 Å². The molecule has 56 valence electrons. The number of unbranched alkanes of at least 4 members (excludes halogenated alkanes) is 2. The van der Waals surface area contributed by atoms with Crippen LogP contribution in [0.15, 0.2) is 9.66 Å². The Kier molecular flexibility index (Phi) is 7.04. The Labute approximate surface area is 76.3 Å². The van der Waals surface area contributed by atoms with Crippen molar-refractivity contribution in [1.82, 2.24) is 0 Å². The van der Waals surface area contributed by atoms with Gasteiger partial charge in [0.15, 0.2) is 0 Å². The lowest BCUT2D eigenvalue weighted by atomic mass is 10.2. The third kappa shape index (κ3) is 6.09. The molecule has 0 aliphatic heterocycles. The van der Waals surface area contributed by atoms with E-state index in [0.29, 0.717) is 6.42 Å². The number of allylic oxidation sites excluding steroid dienone is 2. The second-order valence-electron chi connectivity index (χ2n) is 2.13. The normalized spacial score (nSPS) is 11.1. The Morgan fingerprint density at radius 3 is 2.90 bits per heavy atom. The number of nitriles is 1. The monoisotopic (exact) mass is 249 g/mol. The van der Waals surface area contributed by atoms with Crippen LogP contribution in [0, 0.1) is 11.3 Å². The summed E-state index contributed by atoms with van der Waals surface area (Å²) in [4.78, 5) is 0. The molecule has 0 aromatic carbocycles. The summed E-state index contributed by atoms with van der Waals surface area (Å²) in [5.74, 6) is 0. The minimum Gasteiger partial charge on any atom is -0.198 e. The van der Waals surface area contributed by atoms with Crippen molar-refractivity contribution in [3.8, 4) is 6.07 Å². The Morgan fingerprint density at radius 1 is 1.70 bits per heavy atom. The average molecular weight is 249 g/mol. The van der Waals surface area contributed by atoms with Gasteiger partial charge in [-0.15, -0.1) is 0 Å². The van der Waals surface area contributed by atoms with E-state index in [2.05, 4.69) is 41.7 Å². The summed E-state index contributed by atoms with van der Waals surface area (Å²) >= 11 is 2.22. The molecule has 0 bridgehead atoms. The van der Waals surface area contributed by atoms with E-state index in [9.17, 15) is 0 Å². The molecular weight excluding hydrogens is 237 g/mol. The van der Waals surface area contributed by atoms with Crippen molar-refractivity contribution in [2.75, 3.05) is 0 Å². The number of halogens is 1. The third-order valence-electron chi connectivity index (χ3n) is 1.17. The van der Waals surface area contributed by atoms with Gasteiger partial charge in [-0.1, -0.05) is 25.8 Å². The van der Waals surface area contributed by atoms with Crippen LogP contribution in [0.3, 0.4) is 0 Å². The van der Waals surface area contributed by atoms with Crippen LogP contribution in [0.4, 0.5) is 0 Å². The van der Waals surface area contributed by atoms with E-state index < -0.39 is 0 Å². The Hall–Kier alpha value is -0.0400. The maximum Gasteiger partial charge on any atom is 0.0674 e. The fourth-order valence-corrected chi connectivity index (χ4v) is 1.09. The summed E-state index contributed by atoms with van der Waals surface area (Å²) in [5, 5.41) is 8.30. The first-order valence-electron chi connectivity index (χ1n) is 3.52. The number of hydrogen-bond donors (Lipinski definition) is 0. The summed E-state index contributed by atoms with van der Waals surface area (Å²) in [5.41, 5.74) is 0. The predicted octanol–water partition coefficient (Wildman–Crippen LogP) is 3.41. The van der Waals surface area contributed by atoms with Gasteiger partial charge in [-0.05, 0) is 29.0 Å². The Bertz CT molecular complexity index is 144. The van der Waals surface area contributed by atoms with Crippen molar-refractivity contribution in [3.05, 3.63) is 9.66 Å². The van der Waals surface area contributed by atoms with E-state index in [1.807, 2.05) is 0 Å². The zero-order valence-corrected chi connectivity index (χ0v) is 8.39. The van der Waals surface area contributed by atoms with E-state index in [1.54, 1.807) is 0 Å². The lowest BCUT2D eigenvalue weighted by Gasteiger charge is -1.90. The van der Waals surface area contributed by atoms with Gasteiger partial charge >= 0.3 is 0 Å². The van der Waals surface area contributed by atoms with Crippen LogP contribution in [0.2, 0.25) is 0 Å². The first-order chi connectivity index (χ1) is 4.81. The van der Waals surface area contributed by atoms with Gasteiger partial charge in [0.2, 0.25) is 0 Å². The summed E-state index contributed by atoms with van der Waals surface area (Å²) in [6, 6.07) is 2.12. The third-order valence-corrected chi connectivity index (χ3v) is 1.99. The highest BCUT2D eigenvalue weighted by molar-refractivity contribution is 14.1. The molecule has 0 rings (SSSR count). The molecule has 1 nitrogen and oxygen atoms in total. The molecule has 0 N–H and O–H groups in total. The molecule has 0 fully saturated rings. The molecular formula is C8H12IN. The quantitative estimate of drug-likeness (QED) is 0.553. The SMILES string of the molecule is CCCC/C=C(/I)CC#N. The van der Waals surface area contributed by atoms with Crippen molar-refractivity contribution in [2.45, 2.75) is 32.6 Å². The van der Waals surface area contributed by atoms with E-state index in [1.165, 1.54) is 16.4 Å². The molecule has 0 spiro atoms. The highest BCUT2D eigenvalue weighted by atomic mass is 127. The minimum atomic E-state index is 0.574. The van der Waals surface area contributed by atoms with Gasteiger partial charge in [-0.25, -0.2) is 0 Å². The maximum atomic E-state index is 8.30. The van der Waals surface area contributed by atoms with E-state index in [0.717, 1.165) is 6.42 Å². The summed E-state index contributed by atoms with van der Waals surface area (Å²) < 4.78 is 1.17. The largest absolute Gasteiger partial charge is 0.198 e. The fourth-order valence-electron chi connectivity index (χ4n) is 0.610. The van der Waals surface area contributed by atoms with Crippen molar-refractivity contribution in [2.24, 2.45) is 0 Å². The molecule has 0 saturated carbocycles. The predicted molar refractivity (Wildman–Crippen MR) is 51.9 cm³/mol. The van der Waals surface area contributed by atoms with E-state index in [-0.39, 0.29) is 0 Å². The highest BCUT2D eigenvalue weighted by Crippen LogP contribution is 2.11. The minimum absolute atomic E-state index is 0.574. The van der Waals surface area contributed by atoms with Gasteiger partial charge in [0.25, 0.3) is 0 Å². The summed E-state index contributed by atoms with van der Waals surface area (Å²) in [6.07, 6.45) is 6.30. The average Bonchev–Trinajstić information content (AvgIpc) is 1.89. The number of rotatable bonds is 4. The van der Waals surface area contributed by atoms with E-state index in [4.69, 9.17) is 5.26 Å². The molecule has 0 aliphatic rings. The Balaban J connectivity index is 3.40. The maximum absolute atomic E-state index is 8.30. The smallest absolute Gasteiger partial charge is 0.0674 e. The first kappa shape index (κ1) is 9.96. The molecule has 10 heavy (non-hydrogen) atoms. The van der Waals surface area contributed by atoms with Gasteiger partial charge in [0.05, 0.1) is 12.5 Å². The molecule has 0 saturated heterocycles. The standard InChI is InChI=1S/C8H12IN/c1-2-3-4-5-8(9)6-7-10/h5H,2-4,6H2,1H3/b8-5+. The zero-order chi connectivity index (χ0) is 7.82. The molecule has 0 radical (unpaired) electrons. The van der Waals surface area contributed by atoms with Crippen molar-refractivity contribution in [3.63, 3.8) is 0 Å². The first-order valence-corrected chi connectivity index (χ1v) is 4.60. The van der Waals surface area contributed by atoms with Crippen LogP contribution in [0.5, 0.6) is 0 Å². The van der Waals surface area contributed by atoms with Gasteiger partial charge < -0.3 is 0 Å². The molecule has 0 aromatic heterocycles. The molecule has 0 atom stereocenters. The van der Waals surface area contributed by atoms with Crippen LogP contribution in [0.1, 0.15) is 32.6 Å². The van der Waals surface area contributed by atoms with Crippen molar-refractivity contribution < 1.29 is 0 Å². The molecule has 0 aromatic rings. The zero-order valence-electron chi connectivity index (χ0n) is 6.23. The van der Waals surface area contributed by atoms with Crippen LogP contribution < -0.4 is 0 Å². The van der Waals surface area contributed by atoms with Gasteiger partial charge in [-0.2, -0.15) is 5.26 Å². The second kappa shape index (κ2) is 7.07. The van der Waals surface area contributed by atoms with Crippen LogP contribution >= 0.6 is 22.6 Å². The topological polar surface area (TPSA) is 23.8 Å².